The Morgan fingerprint density at radius 2 is 1.41 bits per heavy atom. The van der Waals surface area contributed by atoms with Crippen LogP contribution in [0.15, 0.2) is 49.1 Å². The molecular formula is C12H13LiO4. The Morgan fingerprint density at radius 1 is 1.00 bits per heavy atom. The summed E-state index contributed by atoms with van der Waals surface area (Å²) < 4.78 is 0. The third-order valence-electron chi connectivity index (χ3n) is 1.40. The number of rotatable bonds is 3. The first-order chi connectivity index (χ1) is 7.56. The second kappa shape index (κ2) is 10.7. The molecule has 0 aliphatic carbocycles. The molecule has 0 fully saturated rings. The number of benzene rings is 1. The summed E-state index contributed by atoms with van der Waals surface area (Å²) in [6.07, 6.45) is 2.95. The number of aliphatic carboxylic acids is 2. The molecule has 17 heavy (non-hydrogen) atoms. The van der Waals surface area contributed by atoms with Crippen molar-refractivity contribution in [2.24, 2.45) is 0 Å². The molecule has 0 bridgehead atoms. The van der Waals surface area contributed by atoms with Crippen LogP contribution in [0.25, 0.3) is 6.08 Å². The quantitative estimate of drug-likeness (QED) is 0.605. The number of hydrogen-bond donors (Lipinski definition) is 2. The Bertz CT molecular complexity index is 369. The van der Waals surface area contributed by atoms with E-state index in [1.165, 1.54) is 5.56 Å². The number of hydrogen-bond acceptors (Lipinski definition) is 2. The van der Waals surface area contributed by atoms with Gasteiger partial charge in [-0.3, -0.25) is 0 Å². The molecule has 0 amide bonds. The normalized spacial score (nSPS) is 8.47. The molecule has 1 rings (SSSR count). The molecule has 0 saturated carbocycles. The van der Waals surface area contributed by atoms with E-state index >= 15 is 0 Å². The van der Waals surface area contributed by atoms with Crippen LogP contribution in [0.5, 0.6) is 0 Å². The van der Waals surface area contributed by atoms with Crippen LogP contribution < -0.4 is 0 Å². The fourth-order valence-corrected chi connectivity index (χ4v) is 0.732. The molecule has 0 aromatic heterocycles. The average Bonchev–Trinajstić information content (AvgIpc) is 2.28. The third kappa shape index (κ3) is 12.2. The Labute approximate surface area is 111 Å². The second-order valence-electron chi connectivity index (χ2n) is 2.62. The molecule has 0 heterocycles. The number of carboxylic acids is 2. The molecule has 1 aromatic rings. The first-order valence-electron chi connectivity index (χ1n) is 4.37. The molecule has 86 valence electrons. The summed E-state index contributed by atoms with van der Waals surface area (Å²) >= 11 is 0. The van der Waals surface area contributed by atoms with Gasteiger partial charge in [0.05, 0.1) is 0 Å². The van der Waals surface area contributed by atoms with Crippen molar-refractivity contribution in [3.05, 3.63) is 54.6 Å². The zero-order valence-corrected chi connectivity index (χ0v) is 8.54. The van der Waals surface area contributed by atoms with E-state index in [-0.39, 0.29) is 18.9 Å². The van der Waals surface area contributed by atoms with Gasteiger partial charge in [-0.15, -0.1) is 0 Å². The molecule has 0 aliphatic rings. The van der Waals surface area contributed by atoms with Crippen molar-refractivity contribution in [3.8, 4) is 0 Å². The zero-order valence-electron chi connectivity index (χ0n) is 8.54. The molecule has 0 aliphatic heterocycles. The summed E-state index contributed by atoms with van der Waals surface area (Å²) in [6, 6.07) is 10.0. The van der Waals surface area contributed by atoms with Crippen LogP contribution in [0.4, 0.5) is 0 Å². The summed E-state index contributed by atoms with van der Waals surface area (Å²) in [7, 11) is 0. The Morgan fingerprint density at radius 3 is 1.65 bits per heavy atom. The van der Waals surface area contributed by atoms with Gasteiger partial charge in [-0.2, -0.15) is 0 Å². The fourth-order valence-electron chi connectivity index (χ4n) is 0.732. The molecule has 0 radical (unpaired) electrons. The van der Waals surface area contributed by atoms with Crippen LogP contribution in [0.3, 0.4) is 0 Å². The topological polar surface area (TPSA) is 74.6 Å². The van der Waals surface area contributed by atoms with Gasteiger partial charge in [0, 0.05) is 12.2 Å². The van der Waals surface area contributed by atoms with Gasteiger partial charge >= 0.3 is 30.8 Å². The standard InChI is InChI=1S/C8H8.C4H4O4.Li.H/c1-2-8-6-4-3-5-7-8;5-3(6)1-2-4(7)8;;/h2-7H,1H2;1-2H,(H,5,6)(H,7,8);;/b;2-1-;;. The van der Waals surface area contributed by atoms with Crippen LogP contribution in [-0.2, 0) is 9.59 Å². The minimum absolute atomic E-state index is 0. The van der Waals surface area contributed by atoms with Gasteiger partial charge in [-0.05, 0) is 5.56 Å². The van der Waals surface area contributed by atoms with Crippen molar-refractivity contribution >= 4 is 36.9 Å². The Hall–Kier alpha value is -1.76. The van der Waals surface area contributed by atoms with Crippen LogP contribution >= 0.6 is 0 Å². The van der Waals surface area contributed by atoms with E-state index in [4.69, 9.17) is 10.2 Å². The van der Waals surface area contributed by atoms with E-state index in [2.05, 4.69) is 6.58 Å². The predicted octanol–water partition coefficient (Wildman–Crippen LogP) is 1.39. The van der Waals surface area contributed by atoms with Gasteiger partial charge in [0.1, 0.15) is 0 Å². The fraction of sp³-hybridized carbons (Fsp3) is 0. The number of carboxylic acid groups (broad SMARTS) is 2. The van der Waals surface area contributed by atoms with E-state index in [0.29, 0.717) is 12.2 Å². The zero-order chi connectivity index (χ0) is 12.4. The molecule has 5 heteroatoms. The monoisotopic (exact) mass is 228 g/mol. The molecule has 0 saturated heterocycles. The first-order valence-corrected chi connectivity index (χ1v) is 4.37. The molecule has 2 N–H and O–H groups in total. The third-order valence-corrected chi connectivity index (χ3v) is 1.40. The van der Waals surface area contributed by atoms with Crippen LogP contribution in [0, 0.1) is 0 Å². The second-order valence-corrected chi connectivity index (χ2v) is 2.62. The van der Waals surface area contributed by atoms with Gasteiger partial charge in [0.25, 0.3) is 0 Å². The summed E-state index contributed by atoms with van der Waals surface area (Å²) in [4.78, 5) is 19.1. The summed E-state index contributed by atoms with van der Waals surface area (Å²) in [5.41, 5.74) is 1.17. The van der Waals surface area contributed by atoms with E-state index in [9.17, 15) is 9.59 Å². The van der Waals surface area contributed by atoms with Gasteiger partial charge in [-0.25, -0.2) is 9.59 Å². The molecule has 0 spiro atoms. The average molecular weight is 228 g/mol. The van der Waals surface area contributed by atoms with Gasteiger partial charge < -0.3 is 10.2 Å². The molecule has 4 nitrogen and oxygen atoms in total. The minimum atomic E-state index is -1.26. The Kier molecular flexibility index (Phi) is 11.1. The van der Waals surface area contributed by atoms with Crippen LogP contribution in [-0.4, -0.2) is 41.0 Å². The molecule has 1 aromatic carbocycles. The summed E-state index contributed by atoms with van der Waals surface area (Å²) in [6.45, 7) is 3.63. The van der Waals surface area contributed by atoms with Crippen LogP contribution in [0.1, 0.15) is 5.56 Å². The molecular weight excluding hydrogens is 215 g/mol. The van der Waals surface area contributed by atoms with E-state index in [0.717, 1.165) is 0 Å². The van der Waals surface area contributed by atoms with Crippen molar-refractivity contribution in [3.63, 3.8) is 0 Å². The predicted molar refractivity (Wildman–Crippen MR) is 68.1 cm³/mol. The summed E-state index contributed by atoms with van der Waals surface area (Å²) in [5, 5.41) is 15.6. The maximum absolute atomic E-state index is 9.55. The molecule has 0 unspecified atom stereocenters. The summed E-state index contributed by atoms with van der Waals surface area (Å²) in [5.74, 6) is -2.51. The van der Waals surface area contributed by atoms with Gasteiger partial charge in [0.2, 0.25) is 0 Å². The number of carbonyl (C=O) groups is 2. The van der Waals surface area contributed by atoms with E-state index < -0.39 is 11.9 Å². The van der Waals surface area contributed by atoms with Gasteiger partial charge in [-0.1, -0.05) is 43.0 Å². The van der Waals surface area contributed by atoms with E-state index in [1.54, 1.807) is 0 Å². The SMILES string of the molecule is C=Cc1ccccc1.O=C(O)/C=C\C(=O)O.[LiH]. The van der Waals surface area contributed by atoms with E-state index in [1.807, 2.05) is 36.4 Å². The van der Waals surface area contributed by atoms with Crippen molar-refractivity contribution in [1.82, 2.24) is 0 Å². The first kappa shape index (κ1) is 17.6. The maximum atomic E-state index is 9.55. The van der Waals surface area contributed by atoms with Crippen molar-refractivity contribution in [2.75, 3.05) is 0 Å². The Balaban J connectivity index is 0. The van der Waals surface area contributed by atoms with Crippen molar-refractivity contribution < 1.29 is 19.8 Å². The van der Waals surface area contributed by atoms with Crippen molar-refractivity contribution in [2.45, 2.75) is 0 Å². The van der Waals surface area contributed by atoms with Gasteiger partial charge in [0.15, 0.2) is 0 Å². The van der Waals surface area contributed by atoms with Crippen molar-refractivity contribution in [1.29, 1.82) is 0 Å². The van der Waals surface area contributed by atoms with Crippen LogP contribution in [0.2, 0.25) is 0 Å². The molecule has 0 atom stereocenters.